The average Bonchev–Trinajstić information content (AvgIpc) is 2.40. The lowest BCUT2D eigenvalue weighted by Crippen LogP contribution is -2.45. The molecule has 0 aliphatic carbocycles. The van der Waals surface area contributed by atoms with Gasteiger partial charge in [0.05, 0.1) is 0 Å². The predicted octanol–water partition coefficient (Wildman–Crippen LogP) is 2.74. The molecule has 1 fully saturated rings. The van der Waals surface area contributed by atoms with Gasteiger partial charge in [0.25, 0.3) is 0 Å². The fourth-order valence-electron chi connectivity index (χ4n) is 2.53. The molecule has 1 saturated heterocycles. The van der Waals surface area contributed by atoms with Crippen LogP contribution in [0.3, 0.4) is 0 Å². The van der Waals surface area contributed by atoms with Crippen molar-refractivity contribution in [2.75, 3.05) is 26.2 Å². The van der Waals surface area contributed by atoms with Crippen molar-refractivity contribution in [2.45, 2.75) is 25.8 Å². The Morgan fingerprint density at radius 1 is 1.26 bits per heavy atom. The van der Waals surface area contributed by atoms with Gasteiger partial charge in [-0.25, -0.2) is 13.2 Å². The van der Waals surface area contributed by atoms with Crippen molar-refractivity contribution in [2.24, 2.45) is 0 Å². The number of hydrogen-bond donors (Lipinski definition) is 1. The second kappa shape index (κ2) is 6.39. The van der Waals surface area contributed by atoms with Crippen LogP contribution in [0.1, 0.15) is 23.6 Å². The van der Waals surface area contributed by atoms with Crippen LogP contribution < -0.4 is 5.32 Å². The minimum Gasteiger partial charge on any atom is -0.314 e. The standard InChI is InChI=1S/C14H19F3N2/c1-10-8-11(2-3-12(10)15)13(9-14(16)17)19-6-4-18-5-7-19/h2-3,8,13-14,18H,4-7,9H2,1H3/t13-/m0/s1. The molecule has 2 rings (SSSR count). The number of benzene rings is 1. The zero-order chi connectivity index (χ0) is 13.8. The van der Waals surface area contributed by atoms with E-state index in [0.29, 0.717) is 5.56 Å². The Labute approximate surface area is 111 Å². The molecule has 1 atom stereocenters. The second-order valence-corrected chi connectivity index (χ2v) is 4.94. The number of hydrogen-bond acceptors (Lipinski definition) is 2. The molecule has 1 aromatic rings. The molecule has 0 aromatic heterocycles. The van der Waals surface area contributed by atoms with Crippen molar-refractivity contribution in [1.82, 2.24) is 10.2 Å². The molecule has 1 N–H and O–H groups in total. The normalized spacial score (nSPS) is 18.8. The lowest BCUT2D eigenvalue weighted by Gasteiger charge is -2.35. The van der Waals surface area contributed by atoms with E-state index in [0.717, 1.165) is 31.7 Å². The average molecular weight is 272 g/mol. The number of rotatable bonds is 4. The highest BCUT2D eigenvalue weighted by Gasteiger charge is 2.25. The molecule has 5 heteroatoms. The van der Waals surface area contributed by atoms with Crippen molar-refractivity contribution in [1.29, 1.82) is 0 Å². The maximum Gasteiger partial charge on any atom is 0.240 e. The number of aryl methyl sites for hydroxylation is 1. The van der Waals surface area contributed by atoms with Crippen LogP contribution >= 0.6 is 0 Å². The van der Waals surface area contributed by atoms with E-state index in [1.54, 1.807) is 19.1 Å². The third-order valence-electron chi connectivity index (χ3n) is 3.56. The molecule has 1 aliphatic heterocycles. The maximum atomic E-state index is 13.3. The zero-order valence-corrected chi connectivity index (χ0v) is 11.0. The summed E-state index contributed by atoms with van der Waals surface area (Å²) in [7, 11) is 0. The van der Waals surface area contributed by atoms with E-state index < -0.39 is 6.43 Å². The molecule has 0 bridgehead atoms. The van der Waals surface area contributed by atoms with Gasteiger partial charge in [0.1, 0.15) is 5.82 Å². The van der Waals surface area contributed by atoms with Crippen LogP contribution in [0, 0.1) is 12.7 Å². The van der Waals surface area contributed by atoms with Crippen molar-refractivity contribution in [3.05, 3.63) is 35.1 Å². The SMILES string of the molecule is Cc1cc([C@H](CC(F)F)N2CCNCC2)ccc1F. The summed E-state index contributed by atoms with van der Waals surface area (Å²) in [6, 6.07) is 4.34. The van der Waals surface area contributed by atoms with Crippen LogP contribution in [0.25, 0.3) is 0 Å². The summed E-state index contributed by atoms with van der Waals surface area (Å²) in [6.45, 7) is 4.76. The summed E-state index contributed by atoms with van der Waals surface area (Å²) in [5.41, 5.74) is 1.29. The van der Waals surface area contributed by atoms with Gasteiger partial charge in [-0.1, -0.05) is 12.1 Å². The summed E-state index contributed by atoms with van der Waals surface area (Å²) < 4.78 is 38.9. The molecule has 0 radical (unpaired) electrons. The van der Waals surface area contributed by atoms with Crippen LogP contribution in [-0.2, 0) is 0 Å². The largest absolute Gasteiger partial charge is 0.314 e. The van der Waals surface area contributed by atoms with Crippen LogP contribution in [-0.4, -0.2) is 37.5 Å². The smallest absolute Gasteiger partial charge is 0.240 e. The van der Waals surface area contributed by atoms with Crippen molar-refractivity contribution in [3.8, 4) is 0 Å². The molecule has 1 heterocycles. The quantitative estimate of drug-likeness (QED) is 0.906. The Bertz CT molecular complexity index is 417. The van der Waals surface area contributed by atoms with E-state index in [9.17, 15) is 13.2 Å². The van der Waals surface area contributed by atoms with Gasteiger partial charge in [0.15, 0.2) is 0 Å². The highest BCUT2D eigenvalue weighted by atomic mass is 19.3. The Kier molecular flexibility index (Phi) is 4.82. The maximum absolute atomic E-state index is 13.3. The summed E-state index contributed by atoms with van der Waals surface area (Å²) in [4.78, 5) is 2.05. The number of piperazine rings is 1. The first-order chi connectivity index (χ1) is 9.08. The van der Waals surface area contributed by atoms with Crippen LogP contribution in [0.5, 0.6) is 0 Å². The van der Waals surface area contributed by atoms with Crippen molar-refractivity contribution < 1.29 is 13.2 Å². The fourth-order valence-corrected chi connectivity index (χ4v) is 2.53. The van der Waals surface area contributed by atoms with Crippen molar-refractivity contribution >= 4 is 0 Å². The Morgan fingerprint density at radius 2 is 1.95 bits per heavy atom. The highest BCUT2D eigenvalue weighted by molar-refractivity contribution is 5.26. The fraction of sp³-hybridized carbons (Fsp3) is 0.571. The molecule has 0 saturated carbocycles. The topological polar surface area (TPSA) is 15.3 Å². The molecular weight excluding hydrogens is 253 g/mol. The van der Waals surface area contributed by atoms with Crippen LogP contribution in [0.4, 0.5) is 13.2 Å². The summed E-state index contributed by atoms with van der Waals surface area (Å²) in [6.07, 6.45) is -2.56. The Morgan fingerprint density at radius 3 is 2.53 bits per heavy atom. The molecule has 0 spiro atoms. The monoisotopic (exact) mass is 272 g/mol. The van der Waals surface area contributed by atoms with Gasteiger partial charge in [-0.2, -0.15) is 0 Å². The second-order valence-electron chi connectivity index (χ2n) is 4.94. The molecule has 106 valence electrons. The van der Waals surface area contributed by atoms with Gasteiger partial charge in [0, 0.05) is 38.6 Å². The lowest BCUT2D eigenvalue weighted by molar-refractivity contribution is 0.0739. The minimum absolute atomic E-state index is 0.203. The van der Waals surface area contributed by atoms with E-state index >= 15 is 0 Å². The predicted molar refractivity (Wildman–Crippen MR) is 68.9 cm³/mol. The number of halogens is 3. The summed E-state index contributed by atoms with van der Waals surface area (Å²) >= 11 is 0. The molecule has 1 aliphatic rings. The first-order valence-electron chi connectivity index (χ1n) is 6.57. The van der Waals surface area contributed by atoms with E-state index in [2.05, 4.69) is 10.2 Å². The molecule has 0 unspecified atom stereocenters. The van der Waals surface area contributed by atoms with Crippen LogP contribution in [0.2, 0.25) is 0 Å². The number of alkyl halides is 2. The highest BCUT2D eigenvalue weighted by Crippen LogP contribution is 2.28. The lowest BCUT2D eigenvalue weighted by atomic mass is 9.99. The van der Waals surface area contributed by atoms with Gasteiger partial charge in [-0.3, -0.25) is 4.90 Å². The third-order valence-corrected chi connectivity index (χ3v) is 3.56. The molecule has 19 heavy (non-hydrogen) atoms. The Balaban J connectivity index is 2.22. The molecule has 2 nitrogen and oxygen atoms in total. The number of nitrogens with one attached hydrogen (secondary N) is 1. The first-order valence-corrected chi connectivity index (χ1v) is 6.57. The van der Waals surface area contributed by atoms with Crippen LogP contribution in [0.15, 0.2) is 18.2 Å². The molecular formula is C14H19F3N2. The van der Waals surface area contributed by atoms with Gasteiger partial charge < -0.3 is 5.32 Å². The van der Waals surface area contributed by atoms with E-state index in [1.807, 2.05) is 0 Å². The Hall–Kier alpha value is -1.07. The molecule has 0 amide bonds. The van der Waals surface area contributed by atoms with E-state index in [4.69, 9.17) is 0 Å². The van der Waals surface area contributed by atoms with Gasteiger partial charge >= 0.3 is 0 Å². The van der Waals surface area contributed by atoms with Gasteiger partial charge in [0.2, 0.25) is 6.43 Å². The summed E-state index contributed by atoms with van der Waals surface area (Å²) in [5, 5.41) is 3.21. The third kappa shape index (κ3) is 3.70. The summed E-state index contributed by atoms with van der Waals surface area (Å²) in [5.74, 6) is -0.292. The van der Waals surface area contributed by atoms with Crippen molar-refractivity contribution in [3.63, 3.8) is 0 Å². The van der Waals surface area contributed by atoms with Gasteiger partial charge in [-0.05, 0) is 24.1 Å². The van der Waals surface area contributed by atoms with E-state index in [-0.39, 0.29) is 18.3 Å². The minimum atomic E-state index is -2.36. The zero-order valence-electron chi connectivity index (χ0n) is 11.0. The van der Waals surface area contributed by atoms with Gasteiger partial charge in [-0.15, -0.1) is 0 Å². The first kappa shape index (κ1) is 14.3. The number of nitrogens with zero attached hydrogens (tertiary/aromatic N) is 1. The molecule has 1 aromatic carbocycles. The van der Waals surface area contributed by atoms with E-state index in [1.165, 1.54) is 6.07 Å².